The molecule has 1 aliphatic carbocycles. The van der Waals surface area contributed by atoms with Gasteiger partial charge in [0, 0.05) is 25.0 Å². The second-order valence-electron chi connectivity index (χ2n) is 6.83. The number of nitrogens with two attached hydrogens (primary N) is 1. The zero-order valence-electron chi connectivity index (χ0n) is 13.5. The molecule has 122 valence electrons. The van der Waals surface area contributed by atoms with Gasteiger partial charge in [-0.25, -0.2) is 0 Å². The molecule has 3 nitrogen and oxygen atoms in total. The van der Waals surface area contributed by atoms with E-state index in [0.717, 1.165) is 25.8 Å². The Hall–Kier alpha value is -1.06. The van der Waals surface area contributed by atoms with Crippen LogP contribution >= 0.6 is 12.4 Å². The maximum atomic E-state index is 12.6. The summed E-state index contributed by atoms with van der Waals surface area (Å²) in [6.07, 6.45) is 3.18. The molecule has 3 atom stereocenters. The molecule has 1 saturated carbocycles. The van der Waals surface area contributed by atoms with E-state index in [9.17, 15) is 4.79 Å². The van der Waals surface area contributed by atoms with Gasteiger partial charge in [-0.3, -0.25) is 4.79 Å². The van der Waals surface area contributed by atoms with Gasteiger partial charge >= 0.3 is 0 Å². The van der Waals surface area contributed by atoms with Crippen LogP contribution in [0.25, 0.3) is 0 Å². The molecule has 0 radical (unpaired) electrons. The number of hydrogen-bond acceptors (Lipinski definition) is 2. The van der Waals surface area contributed by atoms with Crippen molar-refractivity contribution in [1.29, 1.82) is 0 Å². The first kappa shape index (κ1) is 17.3. The van der Waals surface area contributed by atoms with E-state index in [4.69, 9.17) is 5.73 Å². The lowest BCUT2D eigenvalue weighted by Crippen LogP contribution is -2.40. The van der Waals surface area contributed by atoms with Crippen LogP contribution in [0.5, 0.6) is 0 Å². The standard InChI is InChI=1S/C18H26N2O.ClH/c1-12(2)13-5-7-14(8-6-13)16-10-17(16)18(21)20-9-3-4-15(20)11-19;/h5-8,12,15-17H,3-4,9-11,19H2,1-2H3;1H. The van der Waals surface area contributed by atoms with Crippen molar-refractivity contribution >= 4 is 18.3 Å². The third-order valence-electron chi connectivity index (χ3n) is 5.07. The summed E-state index contributed by atoms with van der Waals surface area (Å²) in [6.45, 7) is 5.92. The summed E-state index contributed by atoms with van der Waals surface area (Å²) in [5.74, 6) is 1.52. The van der Waals surface area contributed by atoms with E-state index in [-0.39, 0.29) is 24.4 Å². The van der Waals surface area contributed by atoms with Crippen LogP contribution in [-0.4, -0.2) is 29.9 Å². The Labute approximate surface area is 139 Å². The van der Waals surface area contributed by atoms with Gasteiger partial charge in [0.15, 0.2) is 0 Å². The Balaban J connectivity index is 0.00000176. The van der Waals surface area contributed by atoms with Crippen molar-refractivity contribution in [1.82, 2.24) is 4.90 Å². The van der Waals surface area contributed by atoms with Gasteiger partial charge < -0.3 is 10.6 Å². The van der Waals surface area contributed by atoms with Crippen LogP contribution < -0.4 is 5.73 Å². The first-order valence-corrected chi connectivity index (χ1v) is 8.22. The summed E-state index contributed by atoms with van der Waals surface area (Å²) >= 11 is 0. The molecule has 22 heavy (non-hydrogen) atoms. The highest BCUT2D eigenvalue weighted by molar-refractivity contribution is 5.85. The van der Waals surface area contributed by atoms with Crippen molar-refractivity contribution in [3.63, 3.8) is 0 Å². The number of carbonyl (C=O) groups excluding carboxylic acids is 1. The second kappa shape index (κ2) is 7.01. The molecule has 1 heterocycles. The summed E-state index contributed by atoms with van der Waals surface area (Å²) in [5, 5.41) is 0. The summed E-state index contributed by atoms with van der Waals surface area (Å²) in [6, 6.07) is 9.11. The van der Waals surface area contributed by atoms with E-state index < -0.39 is 0 Å². The molecule has 1 saturated heterocycles. The molecular formula is C18H27ClN2O. The minimum absolute atomic E-state index is 0. The third-order valence-corrected chi connectivity index (χ3v) is 5.07. The molecule has 0 bridgehead atoms. The number of nitrogens with zero attached hydrogens (tertiary/aromatic N) is 1. The lowest BCUT2D eigenvalue weighted by molar-refractivity contribution is -0.133. The molecule has 4 heteroatoms. The number of rotatable bonds is 4. The van der Waals surface area contributed by atoms with E-state index in [0.29, 0.717) is 24.3 Å². The highest BCUT2D eigenvalue weighted by atomic mass is 35.5. The smallest absolute Gasteiger partial charge is 0.226 e. The number of hydrogen-bond donors (Lipinski definition) is 1. The molecule has 0 spiro atoms. The van der Waals surface area contributed by atoms with Crippen LogP contribution in [0.4, 0.5) is 0 Å². The minimum Gasteiger partial charge on any atom is -0.338 e. The highest BCUT2D eigenvalue weighted by Crippen LogP contribution is 2.49. The number of amides is 1. The first-order chi connectivity index (χ1) is 10.1. The van der Waals surface area contributed by atoms with Gasteiger partial charge in [0.2, 0.25) is 5.91 Å². The second-order valence-corrected chi connectivity index (χ2v) is 6.83. The normalized spacial score (nSPS) is 26.9. The largest absolute Gasteiger partial charge is 0.338 e. The molecule has 3 unspecified atom stereocenters. The van der Waals surface area contributed by atoms with Gasteiger partial charge in [-0.2, -0.15) is 0 Å². The van der Waals surface area contributed by atoms with Crippen LogP contribution in [0.1, 0.15) is 56.1 Å². The van der Waals surface area contributed by atoms with Gasteiger partial charge in [-0.05, 0) is 42.2 Å². The molecule has 3 rings (SSSR count). The van der Waals surface area contributed by atoms with Gasteiger partial charge in [0.25, 0.3) is 0 Å². The lowest BCUT2D eigenvalue weighted by Gasteiger charge is -2.23. The zero-order valence-corrected chi connectivity index (χ0v) is 14.3. The fourth-order valence-corrected chi connectivity index (χ4v) is 3.55. The number of likely N-dealkylation sites (tertiary alicyclic amines) is 1. The highest BCUT2D eigenvalue weighted by Gasteiger charge is 2.47. The Morgan fingerprint density at radius 1 is 1.32 bits per heavy atom. The minimum atomic E-state index is 0. The van der Waals surface area contributed by atoms with Crippen molar-refractivity contribution < 1.29 is 4.79 Å². The molecule has 2 fully saturated rings. The van der Waals surface area contributed by atoms with Gasteiger partial charge in [0.05, 0.1) is 0 Å². The van der Waals surface area contributed by atoms with Crippen LogP contribution in [-0.2, 0) is 4.79 Å². The van der Waals surface area contributed by atoms with Crippen molar-refractivity contribution in [2.45, 2.75) is 51.0 Å². The Bertz CT molecular complexity index is 514. The zero-order chi connectivity index (χ0) is 15.0. The Morgan fingerprint density at radius 3 is 2.59 bits per heavy atom. The maximum absolute atomic E-state index is 12.6. The Kier molecular flexibility index (Phi) is 5.51. The van der Waals surface area contributed by atoms with Crippen LogP contribution in [0.2, 0.25) is 0 Å². The molecule has 2 aliphatic rings. The van der Waals surface area contributed by atoms with Crippen molar-refractivity contribution in [3.8, 4) is 0 Å². The quantitative estimate of drug-likeness (QED) is 0.924. The van der Waals surface area contributed by atoms with Crippen LogP contribution in [0, 0.1) is 5.92 Å². The fraction of sp³-hybridized carbons (Fsp3) is 0.611. The molecule has 0 aromatic heterocycles. The van der Waals surface area contributed by atoms with Crippen LogP contribution in [0.15, 0.2) is 24.3 Å². The Morgan fingerprint density at radius 2 is 2.00 bits per heavy atom. The molecule has 1 aromatic rings. The molecule has 1 amide bonds. The van der Waals surface area contributed by atoms with Crippen molar-refractivity contribution in [2.75, 3.05) is 13.1 Å². The lowest BCUT2D eigenvalue weighted by atomic mass is 10.00. The summed E-state index contributed by atoms with van der Waals surface area (Å²) in [7, 11) is 0. The number of halogens is 1. The topological polar surface area (TPSA) is 46.3 Å². The third kappa shape index (κ3) is 3.31. The molecular weight excluding hydrogens is 296 g/mol. The molecule has 2 N–H and O–H groups in total. The SMILES string of the molecule is CC(C)c1ccc(C2CC2C(=O)N2CCCC2CN)cc1.Cl. The van der Waals surface area contributed by atoms with Gasteiger partial charge in [-0.15, -0.1) is 12.4 Å². The van der Waals surface area contributed by atoms with Gasteiger partial charge in [0.1, 0.15) is 0 Å². The molecule has 1 aliphatic heterocycles. The van der Waals surface area contributed by atoms with Crippen molar-refractivity contribution in [3.05, 3.63) is 35.4 Å². The summed E-state index contributed by atoms with van der Waals surface area (Å²) in [5.41, 5.74) is 8.47. The van der Waals surface area contributed by atoms with E-state index in [2.05, 4.69) is 38.1 Å². The monoisotopic (exact) mass is 322 g/mol. The summed E-state index contributed by atoms with van der Waals surface area (Å²) < 4.78 is 0. The number of carbonyl (C=O) groups is 1. The first-order valence-electron chi connectivity index (χ1n) is 8.22. The maximum Gasteiger partial charge on any atom is 0.226 e. The van der Waals surface area contributed by atoms with E-state index in [1.807, 2.05) is 4.90 Å². The predicted octanol–water partition coefficient (Wildman–Crippen LogP) is 3.29. The fourth-order valence-electron chi connectivity index (χ4n) is 3.55. The molecule has 1 aromatic carbocycles. The van der Waals surface area contributed by atoms with E-state index in [1.54, 1.807) is 0 Å². The van der Waals surface area contributed by atoms with Crippen molar-refractivity contribution in [2.24, 2.45) is 11.7 Å². The van der Waals surface area contributed by atoms with E-state index >= 15 is 0 Å². The number of benzene rings is 1. The summed E-state index contributed by atoms with van der Waals surface area (Å²) in [4.78, 5) is 14.6. The predicted molar refractivity (Wildman–Crippen MR) is 92.4 cm³/mol. The average Bonchev–Trinajstić information content (AvgIpc) is 3.15. The van der Waals surface area contributed by atoms with Crippen LogP contribution in [0.3, 0.4) is 0 Å². The van der Waals surface area contributed by atoms with Gasteiger partial charge in [-0.1, -0.05) is 38.1 Å². The average molecular weight is 323 g/mol. The van der Waals surface area contributed by atoms with E-state index in [1.165, 1.54) is 11.1 Å².